The van der Waals surface area contributed by atoms with Gasteiger partial charge in [-0.05, 0) is 49.1 Å². The lowest BCUT2D eigenvalue weighted by molar-refractivity contribution is -0.384. The van der Waals surface area contributed by atoms with E-state index in [1.165, 1.54) is 11.0 Å². The van der Waals surface area contributed by atoms with Gasteiger partial charge < -0.3 is 4.90 Å². The van der Waals surface area contributed by atoms with E-state index in [1.807, 2.05) is 32.0 Å². The van der Waals surface area contributed by atoms with Crippen molar-refractivity contribution < 1.29 is 9.72 Å². The van der Waals surface area contributed by atoms with E-state index in [0.29, 0.717) is 24.2 Å². The number of fused-ring (bicyclic) bond motifs is 1. The molecule has 0 unspecified atom stereocenters. The Kier molecular flexibility index (Phi) is 3.41. The summed E-state index contributed by atoms with van der Waals surface area (Å²) in [7, 11) is 0. The van der Waals surface area contributed by atoms with Gasteiger partial charge in [0.1, 0.15) is 5.69 Å². The number of carbonyl (C=O) groups excluding carboxylic acids is 1. The number of hydrogen-bond donors (Lipinski definition) is 0. The van der Waals surface area contributed by atoms with Crippen molar-refractivity contribution in [2.45, 2.75) is 20.3 Å². The summed E-state index contributed by atoms with van der Waals surface area (Å²) >= 11 is 0. The van der Waals surface area contributed by atoms with E-state index in [1.54, 1.807) is 12.1 Å². The molecule has 0 saturated carbocycles. The van der Waals surface area contributed by atoms with Gasteiger partial charge in [0.05, 0.1) is 4.92 Å². The molecule has 0 radical (unpaired) electrons. The molecular formula is C17H16N2O3. The number of benzene rings is 2. The molecule has 0 atom stereocenters. The minimum absolute atomic E-state index is 0.00724. The summed E-state index contributed by atoms with van der Waals surface area (Å²) in [6, 6.07) is 10.5. The fourth-order valence-electron chi connectivity index (χ4n) is 2.82. The highest BCUT2D eigenvalue weighted by Gasteiger charge is 2.32. The van der Waals surface area contributed by atoms with Crippen molar-refractivity contribution in [3.05, 3.63) is 68.8 Å². The van der Waals surface area contributed by atoms with Crippen LogP contribution in [0.3, 0.4) is 0 Å². The first-order valence-electron chi connectivity index (χ1n) is 7.14. The summed E-state index contributed by atoms with van der Waals surface area (Å²) in [6.45, 7) is 4.41. The Morgan fingerprint density at radius 3 is 2.64 bits per heavy atom. The molecule has 1 amide bonds. The zero-order valence-electron chi connectivity index (χ0n) is 12.5. The largest absolute Gasteiger partial charge is 0.302 e. The van der Waals surface area contributed by atoms with Crippen molar-refractivity contribution in [3.8, 4) is 0 Å². The second-order valence-electron chi connectivity index (χ2n) is 5.55. The van der Waals surface area contributed by atoms with Crippen LogP contribution in [0.25, 0.3) is 0 Å². The summed E-state index contributed by atoms with van der Waals surface area (Å²) in [6.07, 6.45) is 0.646. The number of amides is 1. The van der Waals surface area contributed by atoms with Crippen molar-refractivity contribution in [2.24, 2.45) is 0 Å². The van der Waals surface area contributed by atoms with Crippen molar-refractivity contribution in [2.75, 3.05) is 11.4 Å². The van der Waals surface area contributed by atoms with Gasteiger partial charge in [-0.1, -0.05) is 18.2 Å². The van der Waals surface area contributed by atoms with Crippen LogP contribution in [0.15, 0.2) is 36.4 Å². The molecule has 112 valence electrons. The molecule has 0 saturated heterocycles. The summed E-state index contributed by atoms with van der Waals surface area (Å²) in [4.78, 5) is 25.1. The Morgan fingerprint density at radius 2 is 1.95 bits per heavy atom. The predicted octanol–water partition coefficient (Wildman–Crippen LogP) is 3.41. The van der Waals surface area contributed by atoms with Gasteiger partial charge in [0.15, 0.2) is 0 Å². The average molecular weight is 296 g/mol. The number of rotatable bonds is 2. The molecule has 3 rings (SSSR count). The van der Waals surface area contributed by atoms with Crippen LogP contribution < -0.4 is 4.90 Å². The Labute approximate surface area is 128 Å². The number of nitrogens with zero attached hydrogens (tertiary/aromatic N) is 2. The quantitative estimate of drug-likeness (QED) is 0.630. The number of nitro groups is 1. The van der Waals surface area contributed by atoms with Gasteiger partial charge in [0.25, 0.3) is 11.6 Å². The molecule has 0 N–H and O–H groups in total. The number of para-hydroxylation sites is 1. The molecule has 5 heteroatoms. The zero-order chi connectivity index (χ0) is 15.9. The molecule has 0 aliphatic carbocycles. The van der Waals surface area contributed by atoms with Crippen molar-refractivity contribution in [1.29, 1.82) is 0 Å². The molecular weight excluding hydrogens is 280 g/mol. The van der Waals surface area contributed by atoms with E-state index >= 15 is 0 Å². The van der Waals surface area contributed by atoms with Gasteiger partial charge in [0, 0.05) is 18.2 Å². The summed E-state index contributed by atoms with van der Waals surface area (Å²) in [5, 5.41) is 11.2. The van der Waals surface area contributed by atoms with Crippen LogP contribution in [0.1, 0.15) is 27.0 Å². The average Bonchev–Trinajstić information content (AvgIpc) is 2.93. The van der Waals surface area contributed by atoms with Crippen LogP contribution in [-0.4, -0.2) is 17.4 Å². The van der Waals surface area contributed by atoms with Gasteiger partial charge in [-0.15, -0.1) is 0 Å². The lowest BCUT2D eigenvalue weighted by Crippen LogP contribution is -2.29. The van der Waals surface area contributed by atoms with E-state index in [2.05, 4.69) is 0 Å². The maximum atomic E-state index is 12.8. The predicted molar refractivity (Wildman–Crippen MR) is 84.4 cm³/mol. The van der Waals surface area contributed by atoms with Crippen LogP contribution in [0.2, 0.25) is 0 Å². The van der Waals surface area contributed by atoms with Crippen molar-refractivity contribution in [1.82, 2.24) is 0 Å². The highest BCUT2D eigenvalue weighted by Crippen LogP contribution is 2.37. The normalized spacial score (nSPS) is 13.1. The number of nitro benzene ring substituents is 1. The van der Waals surface area contributed by atoms with Gasteiger partial charge in [-0.3, -0.25) is 14.9 Å². The van der Waals surface area contributed by atoms with Gasteiger partial charge in [-0.25, -0.2) is 0 Å². The number of anilines is 1. The summed E-state index contributed by atoms with van der Waals surface area (Å²) in [5.41, 5.74) is 4.00. The van der Waals surface area contributed by atoms with Crippen LogP contribution in [0.5, 0.6) is 0 Å². The molecule has 1 aliphatic heterocycles. The molecule has 0 aromatic heterocycles. The molecule has 5 nitrogen and oxygen atoms in total. The molecule has 0 bridgehead atoms. The third-order valence-electron chi connectivity index (χ3n) is 4.17. The lowest BCUT2D eigenvalue weighted by Gasteiger charge is -2.18. The molecule has 0 spiro atoms. The maximum Gasteiger partial charge on any atom is 0.293 e. The van der Waals surface area contributed by atoms with E-state index in [0.717, 1.165) is 16.7 Å². The Morgan fingerprint density at radius 1 is 1.18 bits per heavy atom. The van der Waals surface area contributed by atoms with Crippen LogP contribution in [-0.2, 0) is 6.42 Å². The van der Waals surface area contributed by atoms with Crippen LogP contribution in [0, 0.1) is 24.0 Å². The molecule has 1 aliphatic rings. The molecule has 2 aromatic carbocycles. The number of carbonyl (C=O) groups is 1. The number of hydrogen-bond acceptors (Lipinski definition) is 3. The molecule has 2 aromatic rings. The topological polar surface area (TPSA) is 63.5 Å². The van der Waals surface area contributed by atoms with Crippen LogP contribution >= 0.6 is 0 Å². The van der Waals surface area contributed by atoms with E-state index in [4.69, 9.17) is 0 Å². The maximum absolute atomic E-state index is 12.8. The minimum atomic E-state index is -0.426. The van der Waals surface area contributed by atoms with Gasteiger partial charge >= 0.3 is 0 Å². The fraction of sp³-hybridized carbons (Fsp3) is 0.235. The van der Waals surface area contributed by atoms with E-state index in [9.17, 15) is 14.9 Å². The molecule has 1 heterocycles. The highest BCUT2D eigenvalue weighted by molar-refractivity contribution is 6.08. The van der Waals surface area contributed by atoms with E-state index < -0.39 is 4.92 Å². The first kappa shape index (κ1) is 14.3. The zero-order valence-corrected chi connectivity index (χ0v) is 12.5. The minimum Gasteiger partial charge on any atom is -0.302 e. The molecule has 0 fully saturated rings. The van der Waals surface area contributed by atoms with Gasteiger partial charge in [0.2, 0.25) is 0 Å². The summed E-state index contributed by atoms with van der Waals surface area (Å²) in [5.74, 6) is -0.184. The van der Waals surface area contributed by atoms with Crippen molar-refractivity contribution >= 4 is 17.3 Å². The lowest BCUT2D eigenvalue weighted by atomic mass is 10.1. The smallest absolute Gasteiger partial charge is 0.293 e. The summed E-state index contributed by atoms with van der Waals surface area (Å²) < 4.78 is 0. The third-order valence-corrected chi connectivity index (χ3v) is 4.17. The Bertz CT molecular complexity index is 783. The second kappa shape index (κ2) is 5.26. The first-order valence-corrected chi connectivity index (χ1v) is 7.14. The van der Waals surface area contributed by atoms with Crippen molar-refractivity contribution in [3.63, 3.8) is 0 Å². The monoisotopic (exact) mass is 296 g/mol. The second-order valence-corrected chi connectivity index (χ2v) is 5.55. The Balaban J connectivity index is 2.04. The Hall–Kier alpha value is -2.69. The number of aryl methyl sites for hydroxylation is 2. The fourth-order valence-corrected chi connectivity index (χ4v) is 2.82. The first-order chi connectivity index (χ1) is 10.5. The standard InChI is InChI=1S/C17H16N2O3/c1-11-6-7-14(10-12(11)2)17(20)18-9-8-13-4-3-5-15(16(13)18)19(21)22/h3-7,10H,8-9H2,1-2H3. The van der Waals surface area contributed by atoms with Crippen LogP contribution in [0.4, 0.5) is 11.4 Å². The van der Waals surface area contributed by atoms with E-state index in [-0.39, 0.29) is 11.6 Å². The molecule has 22 heavy (non-hydrogen) atoms. The highest BCUT2D eigenvalue weighted by atomic mass is 16.6. The SMILES string of the molecule is Cc1ccc(C(=O)N2CCc3cccc([N+](=O)[O-])c32)cc1C. The van der Waals surface area contributed by atoms with Gasteiger partial charge in [-0.2, -0.15) is 0 Å². The third kappa shape index (κ3) is 2.24.